The molecule has 1 aliphatic heterocycles. The van der Waals surface area contributed by atoms with Crippen molar-refractivity contribution in [3.8, 4) is 11.4 Å². The molecule has 4 rings (SSSR count). The van der Waals surface area contributed by atoms with Crippen molar-refractivity contribution in [3.63, 3.8) is 0 Å². The van der Waals surface area contributed by atoms with Crippen molar-refractivity contribution in [2.75, 3.05) is 19.6 Å². The van der Waals surface area contributed by atoms with Gasteiger partial charge < -0.3 is 14.9 Å². The first kappa shape index (κ1) is 20.2. The second-order valence-corrected chi connectivity index (χ2v) is 7.72. The summed E-state index contributed by atoms with van der Waals surface area (Å²) in [5.41, 5.74) is 1.78. The van der Waals surface area contributed by atoms with Crippen LogP contribution in [-0.2, 0) is 11.4 Å². The molecule has 1 saturated heterocycles. The van der Waals surface area contributed by atoms with Crippen LogP contribution in [0.5, 0.6) is 5.75 Å². The third-order valence-corrected chi connectivity index (χ3v) is 5.80. The maximum Gasteiger partial charge on any atom is 0.426 e. The minimum Gasteiger partial charge on any atom is -0.487 e. The zero-order valence-electron chi connectivity index (χ0n) is 16.6. The highest BCUT2D eigenvalue weighted by Gasteiger charge is 2.25. The summed E-state index contributed by atoms with van der Waals surface area (Å²) < 4.78 is 7.45. The number of nitrogens with one attached hydrogen (secondary N) is 1. The molecule has 1 amide bonds. The normalized spacial score (nSPS) is 15.1. The maximum atomic E-state index is 11.5. The Balaban J connectivity index is 1.25. The van der Waals surface area contributed by atoms with Gasteiger partial charge in [-0.1, -0.05) is 0 Å². The van der Waals surface area contributed by atoms with E-state index < -0.39 is 6.09 Å². The molecule has 0 aliphatic carbocycles. The quantitative estimate of drug-likeness (QED) is 0.611. The summed E-state index contributed by atoms with van der Waals surface area (Å²) in [6, 6.07) is 7.56. The number of thiazole rings is 1. The minimum atomic E-state index is -0.393. The highest BCUT2D eigenvalue weighted by Crippen LogP contribution is 2.30. The Morgan fingerprint density at radius 1 is 1.27 bits per heavy atom. The molecule has 0 unspecified atom stereocenters. The molecular weight excluding hydrogens is 406 g/mol. The van der Waals surface area contributed by atoms with Gasteiger partial charge in [0.15, 0.2) is 0 Å². The number of tetrazole rings is 1. The zero-order valence-corrected chi connectivity index (χ0v) is 17.4. The fourth-order valence-corrected chi connectivity index (χ4v) is 4.17. The molecule has 0 radical (unpaired) electrons. The molecule has 1 aromatic carbocycles. The molecule has 10 nitrogen and oxygen atoms in total. The van der Waals surface area contributed by atoms with Gasteiger partial charge in [-0.05, 0) is 54.5 Å². The Kier molecular flexibility index (Phi) is 6.50. The van der Waals surface area contributed by atoms with Gasteiger partial charge in [0.1, 0.15) is 18.7 Å². The molecule has 30 heavy (non-hydrogen) atoms. The molecule has 0 bridgehead atoms. The number of carbonyl (C=O) groups excluding carboxylic acids is 1. The van der Waals surface area contributed by atoms with Gasteiger partial charge in [0, 0.05) is 30.9 Å². The van der Waals surface area contributed by atoms with Crippen molar-refractivity contribution in [2.24, 2.45) is 0 Å². The topological polar surface area (TPSA) is 107 Å². The van der Waals surface area contributed by atoms with Crippen LogP contribution in [0.4, 0.5) is 4.79 Å². The van der Waals surface area contributed by atoms with E-state index in [1.165, 1.54) is 0 Å². The van der Waals surface area contributed by atoms with Crippen molar-refractivity contribution in [3.05, 3.63) is 46.7 Å². The van der Waals surface area contributed by atoms with Crippen molar-refractivity contribution < 1.29 is 14.4 Å². The molecule has 3 heterocycles. The predicted octanol–water partition coefficient (Wildman–Crippen LogP) is 2.54. The lowest BCUT2D eigenvalue weighted by atomic mass is 9.99. The summed E-state index contributed by atoms with van der Waals surface area (Å²) in [5, 5.41) is 18.6. The third kappa shape index (κ3) is 5.10. The lowest BCUT2D eigenvalue weighted by Crippen LogP contribution is -2.38. The van der Waals surface area contributed by atoms with Crippen molar-refractivity contribution in [1.29, 1.82) is 0 Å². The molecule has 1 N–H and O–H groups in total. The first-order valence-corrected chi connectivity index (χ1v) is 10.7. The molecule has 158 valence electrons. The van der Waals surface area contributed by atoms with E-state index in [4.69, 9.17) is 14.6 Å². The highest BCUT2D eigenvalue weighted by atomic mass is 32.1. The van der Waals surface area contributed by atoms with E-state index in [0.29, 0.717) is 32.2 Å². The second kappa shape index (κ2) is 9.63. The number of aromatic nitrogens is 5. The summed E-state index contributed by atoms with van der Waals surface area (Å²) in [6.45, 7) is 4.26. The van der Waals surface area contributed by atoms with Crippen LogP contribution in [0.25, 0.3) is 5.69 Å². The molecule has 0 spiro atoms. The van der Waals surface area contributed by atoms with Crippen LogP contribution in [0, 0.1) is 0 Å². The molecule has 3 aromatic rings. The van der Waals surface area contributed by atoms with E-state index in [-0.39, 0.29) is 0 Å². The fraction of sp³-hybridized carbons (Fsp3) is 0.421. The molecule has 11 heteroatoms. The number of rotatable bonds is 7. The zero-order chi connectivity index (χ0) is 20.8. The SMILES string of the molecule is CCNC(=O)ON1CCC(c2nc(COc3ccc(-n4cnnn4)cc3)cs2)CC1. The molecule has 0 atom stereocenters. The Morgan fingerprint density at radius 2 is 2.07 bits per heavy atom. The number of amides is 1. The number of carbonyl (C=O) groups is 1. The number of piperidine rings is 1. The van der Waals surface area contributed by atoms with Gasteiger partial charge in [0.25, 0.3) is 0 Å². The first-order valence-electron chi connectivity index (χ1n) is 9.82. The van der Waals surface area contributed by atoms with Gasteiger partial charge in [0.2, 0.25) is 0 Å². The second-order valence-electron chi connectivity index (χ2n) is 6.83. The van der Waals surface area contributed by atoms with Crippen LogP contribution in [0.2, 0.25) is 0 Å². The van der Waals surface area contributed by atoms with Gasteiger partial charge in [-0.25, -0.2) is 14.5 Å². The number of nitrogens with zero attached hydrogens (tertiary/aromatic N) is 6. The third-order valence-electron chi connectivity index (χ3n) is 4.74. The lowest BCUT2D eigenvalue weighted by Gasteiger charge is -2.29. The van der Waals surface area contributed by atoms with Crippen LogP contribution in [0.15, 0.2) is 36.0 Å². The molecule has 0 saturated carbocycles. The van der Waals surface area contributed by atoms with Gasteiger partial charge >= 0.3 is 6.09 Å². The lowest BCUT2D eigenvalue weighted by molar-refractivity contribution is -0.113. The van der Waals surface area contributed by atoms with Crippen LogP contribution in [0.1, 0.15) is 36.4 Å². The number of hydroxylamine groups is 2. The van der Waals surface area contributed by atoms with Gasteiger partial charge in [0.05, 0.1) is 16.4 Å². The van der Waals surface area contributed by atoms with E-state index in [2.05, 4.69) is 20.8 Å². The van der Waals surface area contributed by atoms with E-state index in [1.54, 1.807) is 27.4 Å². The molecule has 1 fully saturated rings. The predicted molar refractivity (Wildman–Crippen MR) is 109 cm³/mol. The summed E-state index contributed by atoms with van der Waals surface area (Å²) in [5.74, 6) is 1.14. The Morgan fingerprint density at radius 3 is 2.77 bits per heavy atom. The maximum absolute atomic E-state index is 11.5. The standard InChI is InChI=1S/C19H23N7O3S/c1-2-20-19(27)29-25-9-7-14(8-10-25)18-22-15(12-30-18)11-28-17-5-3-16(4-6-17)26-13-21-23-24-26/h3-6,12-14H,2,7-11H2,1H3,(H,20,27). The number of benzene rings is 1. The van der Waals surface area contributed by atoms with Crippen LogP contribution >= 0.6 is 11.3 Å². The summed E-state index contributed by atoms with van der Waals surface area (Å²) in [4.78, 5) is 21.5. The molecular formula is C19H23N7O3S. The number of ether oxygens (including phenoxy) is 1. The van der Waals surface area contributed by atoms with Gasteiger partial charge in [-0.3, -0.25) is 0 Å². The first-order chi connectivity index (χ1) is 14.7. The Labute approximate surface area is 177 Å². The van der Waals surface area contributed by atoms with Crippen LogP contribution in [0.3, 0.4) is 0 Å². The van der Waals surface area contributed by atoms with Crippen LogP contribution < -0.4 is 10.1 Å². The molecule has 2 aromatic heterocycles. The summed E-state index contributed by atoms with van der Waals surface area (Å²) in [6.07, 6.45) is 2.97. The van der Waals surface area contributed by atoms with E-state index >= 15 is 0 Å². The van der Waals surface area contributed by atoms with Crippen molar-refractivity contribution in [2.45, 2.75) is 32.3 Å². The number of hydrogen-bond donors (Lipinski definition) is 1. The Hall–Kier alpha value is -3.05. The van der Waals surface area contributed by atoms with E-state index in [1.807, 2.05) is 36.6 Å². The molecule has 1 aliphatic rings. The summed E-state index contributed by atoms with van der Waals surface area (Å²) >= 11 is 1.66. The highest BCUT2D eigenvalue weighted by molar-refractivity contribution is 7.09. The smallest absolute Gasteiger partial charge is 0.426 e. The van der Waals surface area contributed by atoms with Gasteiger partial charge in [-0.15, -0.1) is 21.5 Å². The van der Waals surface area contributed by atoms with E-state index in [0.717, 1.165) is 35.0 Å². The van der Waals surface area contributed by atoms with E-state index in [9.17, 15) is 4.79 Å². The van der Waals surface area contributed by atoms with Crippen molar-refractivity contribution >= 4 is 17.4 Å². The van der Waals surface area contributed by atoms with Crippen LogP contribution in [-0.4, -0.2) is 56.0 Å². The fourth-order valence-electron chi connectivity index (χ4n) is 3.20. The van der Waals surface area contributed by atoms with Crippen molar-refractivity contribution in [1.82, 2.24) is 35.6 Å². The summed E-state index contributed by atoms with van der Waals surface area (Å²) in [7, 11) is 0. The van der Waals surface area contributed by atoms with Gasteiger partial charge in [-0.2, -0.15) is 0 Å². The number of hydrogen-bond acceptors (Lipinski definition) is 9. The monoisotopic (exact) mass is 429 g/mol. The Bertz CT molecular complexity index is 937. The average Bonchev–Trinajstić information content (AvgIpc) is 3.46. The average molecular weight is 430 g/mol. The largest absolute Gasteiger partial charge is 0.487 e. The minimum absolute atomic E-state index is 0.383.